The van der Waals surface area contributed by atoms with Gasteiger partial charge in [0.25, 0.3) is 0 Å². The van der Waals surface area contributed by atoms with E-state index in [1.54, 1.807) is 56.9 Å². The molecule has 0 bridgehead atoms. The third-order valence-electron chi connectivity index (χ3n) is 4.81. The minimum atomic E-state index is -0.778. The van der Waals surface area contributed by atoms with E-state index in [9.17, 15) is 19.5 Å². The molecule has 2 N–H and O–H groups in total. The normalized spacial score (nSPS) is 16.0. The van der Waals surface area contributed by atoms with Crippen molar-refractivity contribution in [3.8, 4) is 0 Å². The van der Waals surface area contributed by atoms with Gasteiger partial charge >= 0.3 is 6.09 Å². The topological polar surface area (TPSA) is 119 Å². The predicted molar refractivity (Wildman–Crippen MR) is 111 cm³/mol. The molecule has 1 fully saturated rings. The molecule has 1 radical (unpaired) electrons. The fourth-order valence-corrected chi connectivity index (χ4v) is 3.24. The van der Waals surface area contributed by atoms with Crippen molar-refractivity contribution < 1.29 is 24.2 Å². The average Bonchev–Trinajstić information content (AvgIpc) is 2.66. The van der Waals surface area contributed by atoms with Crippen molar-refractivity contribution in [1.82, 2.24) is 10.2 Å². The zero-order valence-electron chi connectivity index (χ0n) is 18.0. The molecule has 1 aliphatic heterocycles. The number of amides is 2. The lowest BCUT2D eigenvalue weighted by Crippen LogP contribution is -2.40. The summed E-state index contributed by atoms with van der Waals surface area (Å²) in [5.41, 5.74) is -0.188. The van der Waals surface area contributed by atoms with Gasteiger partial charge in [-0.25, -0.2) is 9.90 Å². The van der Waals surface area contributed by atoms with Crippen molar-refractivity contribution >= 4 is 23.6 Å². The first kappa shape index (κ1) is 23.5. The van der Waals surface area contributed by atoms with Crippen LogP contribution in [-0.4, -0.2) is 53.3 Å². The lowest BCUT2D eigenvalue weighted by molar-refractivity contribution is -0.134. The van der Waals surface area contributed by atoms with E-state index in [4.69, 9.17) is 10.1 Å². The number of carbonyl (C=O) groups excluding carboxylic acids is 3. The number of alkyl carbamates (subject to hydrolysis) is 1. The Bertz CT molecular complexity index is 807. The molecule has 1 unspecified atom stereocenters. The van der Waals surface area contributed by atoms with Gasteiger partial charge in [0.05, 0.1) is 6.10 Å². The number of likely N-dealkylation sites (tertiary alicyclic amines) is 1. The average molecular weight is 416 g/mol. The number of hydrogen-bond acceptors (Lipinski definition) is 5. The third kappa shape index (κ3) is 6.66. The molecule has 1 heterocycles. The van der Waals surface area contributed by atoms with Gasteiger partial charge in [-0.3, -0.25) is 20.3 Å². The first-order valence-electron chi connectivity index (χ1n) is 10.1. The number of piperidine rings is 1. The molecular formula is C22H30N3O5. The molecule has 163 valence electrons. The Labute approximate surface area is 177 Å². The van der Waals surface area contributed by atoms with Gasteiger partial charge in [-0.2, -0.15) is 0 Å². The van der Waals surface area contributed by atoms with Gasteiger partial charge in [0.2, 0.25) is 5.91 Å². The van der Waals surface area contributed by atoms with Crippen LogP contribution in [0.3, 0.4) is 0 Å². The van der Waals surface area contributed by atoms with Crippen LogP contribution in [0.15, 0.2) is 24.3 Å². The standard InChI is InChI=1S/C22H30N3O5/c1-14(13-18(27)25-11-9-15(26)10-12-25)19(28)16-7-5-6-8-17(16)20(23)24-21(29)30-22(2,3)4/h5-8,14-15H,9-13H2,1-4H3,(H2,23,24,29). The highest BCUT2D eigenvalue weighted by molar-refractivity contribution is 6.13. The number of ether oxygens (including phenoxy) is 1. The Morgan fingerprint density at radius 1 is 1.17 bits per heavy atom. The van der Waals surface area contributed by atoms with Crippen molar-refractivity contribution in [2.24, 2.45) is 5.92 Å². The second-order valence-corrected chi connectivity index (χ2v) is 8.60. The van der Waals surface area contributed by atoms with Crippen LogP contribution < -0.4 is 5.32 Å². The number of carbonyl (C=O) groups is 3. The van der Waals surface area contributed by atoms with Crippen LogP contribution >= 0.6 is 0 Å². The Kier molecular flexibility index (Phi) is 7.72. The molecule has 0 spiro atoms. The number of nitrogens with one attached hydrogen (secondary N) is 2. The van der Waals surface area contributed by atoms with Gasteiger partial charge in [-0.05, 0) is 33.6 Å². The monoisotopic (exact) mass is 416 g/mol. The number of ketones is 1. The number of amidine groups is 1. The van der Waals surface area contributed by atoms with E-state index in [1.165, 1.54) is 0 Å². The number of benzene rings is 1. The molecule has 8 heteroatoms. The molecule has 2 rings (SSSR count). The third-order valence-corrected chi connectivity index (χ3v) is 4.81. The summed E-state index contributed by atoms with van der Waals surface area (Å²) in [5, 5.41) is 22.0. The van der Waals surface area contributed by atoms with E-state index in [0.717, 1.165) is 0 Å². The van der Waals surface area contributed by atoms with E-state index < -0.39 is 23.7 Å². The van der Waals surface area contributed by atoms with E-state index in [0.29, 0.717) is 25.9 Å². The van der Waals surface area contributed by atoms with Crippen LogP contribution in [0.1, 0.15) is 62.9 Å². The van der Waals surface area contributed by atoms with Crippen molar-refractivity contribution in [1.29, 1.82) is 5.41 Å². The van der Waals surface area contributed by atoms with E-state index in [-0.39, 0.29) is 35.1 Å². The van der Waals surface area contributed by atoms with Gasteiger partial charge in [0.15, 0.2) is 5.78 Å². The first-order chi connectivity index (χ1) is 14.0. The smallest absolute Gasteiger partial charge is 0.413 e. The molecular weight excluding hydrogens is 386 g/mol. The maximum atomic E-state index is 13.0. The van der Waals surface area contributed by atoms with Gasteiger partial charge in [-0.1, -0.05) is 31.2 Å². The Morgan fingerprint density at radius 3 is 2.30 bits per heavy atom. The van der Waals surface area contributed by atoms with E-state index >= 15 is 0 Å². The molecule has 2 amide bonds. The SMILES string of the molecule is CC(CC(=O)N1CCC([O])CC1)C(=O)c1ccccc1C(=N)NC(=O)OC(C)(C)C. The predicted octanol–water partition coefficient (Wildman–Crippen LogP) is 3.17. The van der Waals surface area contributed by atoms with E-state index in [2.05, 4.69) is 5.32 Å². The quantitative estimate of drug-likeness (QED) is 0.435. The summed E-state index contributed by atoms with van der Waals surface area (Å²) < 4.78 is 5.16. The molecule has 1 saturated heterocycles. The van der Waals surface area contributed by atoms with Crippen molar-refractivity contribution in [2.75, 3.05) is 13.1 Å². The van der Waals surface area contributed by atoms with Crippen LogP contribution in [0.25, 0.3) is 0 Å². The summed E-state index contributed by atoms with van der Waals surface area (Å²) >= 11 is 0. The molecule has 1 atom stereocenters. The molecule has 0 saturated carbocycles. The maximum absolute atomic E-state index is 13.0. The summed E-state index contributed by atoms with van der Waals surface area (Å²) in [4.78, 5) is 39.1. The van der Waals surface area contributed by atoms with Crippen LogP contribution in [-0.2, 0) is 14.6 Å². The van der Waals surface area contributed by atoms with Crippen LogP contribution in [0.2, 0.25) is 0 Å². The van der Waals surface area contributed by atoms with Crippen molar-refractivity contribution in [3.63, 3.8) is 0 Å². The highest BCUT2D eigenvalue weighted by Gasteiger charge is 2.27. The lowest BCUT2D eigenvalue weighted by atomic mass is 9.92. The maximum Gasteiger partial charge on any atom is 0.413 e. The fraction of sp³-hybridized carbons (Fsp3) is 0.545. The number of hydrogen-bond donors (Lipinski definition) is 2. The highest BCUT2D eigenvalue weighted by atomic mass is 16.6. The fourth-order valence-electron chi connectivity index (χ4n) is 3.24. The Morgan fingerprint density at radius 2 is 1.73 bits per heavy atom. The van der Waals surface area contributed by atoms with Crippen LogP contribution in [0.5, 0.6) is 0 Å². The molecule has 1 aliphatic rings. The summed E-state index contributed by atoms with van der Waals surface area (Å²) in [6.45, 7) is 7.66. The van der Waals surface area contributed by atoms with Crippen molar-refractivity contribution in [2.45, 2.75) is 58.7 Å². The summed E-state index contributed by atoms with van der Waals surface area (Å²) in [7, 11) is 0. The van der Waals surface area contributed by atoms with Crippen molar-refractivity contribution in [3.05, 3.63) is 35.4 Å². The van der Waals surface area contributed by atoms with E-state index in [1.807, 2.05) is 0 Å². The van der Waals surface area contributed by atoms with Gasteiger partial charge in [0, 0.05) is 36.6 Å². The summed E-state index contributed by atoms with van der Waals surface area (Å²) in [6.07, 6.45) is -0.499. The second kappa shape index (κ2) is 9.84. The highest BCUT2D eigenvalue weighted by Crippen LogP contribution is 2.19. The Hall–Kier alpha value is -2.74. The zero-order chi connectivity index (χ0) is 22.5. The minimum absolute atomic E-state index is 0.0313. The zero-order valence-corrected chi connectivity index (χ0v) is 18.0. The molecule has 1 aromatic carbocycles. The lowest BCUT2D eigenvalue weighted by Gasteiger charge is -2.29. The Balaban J connectivity index is 2.06. The van der Waals surface area contributed by atoms with Crippen LogP contribution in [0.4, 0.5) is 4.79 Å². The molecule has 0 aliphatic carbocycles. The largest absolute Gasteiger partial charge is 0.444 e. The first-order valence-corrected chi connectivity index (χ1v) is 10.1. The van der Waals surface area contributed by atoms with Gasteiger partial charge in [0.1, 0.15) is 11.4 Å². The van der Waals surface area contributed by atoms with Gasteiger partial charge in [-0.15, -0.1) is 0 Å². The van der Waals surface area contributed by atoms with Gasteiger partial charge < -0.3 is 9.64 Å². The number of rotatable bonds is 5. The molecule has 0 aromatic heterocycles. The summed E-state index contributed by atoms with van der Waals surface area (Å²) in [6, 6.07) is 6.48. The second-order valence-electron chi connectivity index (χ2n) is 8.60. The number of nitrogens with zero attached hydrogens (tertiary/aromatic N) is 1. The summed E-state index contributed by atoms with van der Waals surface area (Å²) in [5.74, 6) is -1.28. The molecule has 30 heavy (non-hydrogen) atoms. The molecule has 8 nitrogen and oxygen atoms in total. The number of Topliss-reactive ketones (excluding diaryl/α,β-unsaturated/α-hetero) is 1. The van der Waals surface area contributed by atoms with Crippen LogP contribution in [0, 0.1) is 11.3 Å². The molecule has 1 aromatic rings. The minimum Gasteiger partial charge on any atom is -0.444 e.